The Balaban J connectivity index is 2.68. The van der Waals surface area contributed by atoms with E-state index in [0.717, 1.165) is 4.68 Å². The second-order valence-electron chi connectivity index (χ2n) is 4.64. The molecule has 0 amide bonds. The summed E-state index contributed by atoms with van der Waals surface area (Å²) in [7, 11) is 0. The number of rotatable bonds is 3. The maximum atomic E-state index is 12.8. The molecule has 0 bridgehead atoms. The van der Waals surface area contributed by atoms with Crippen LogP contribution in [0.2, 0.25) is 10.0 Å². The lowest BCUT2D eigenvalue weighted by Gasteiger charge is -2.13. The summed E-state index contributed by atoms with van der Waals surface area (Å²) in [5.41, 5.74) is 3.86. The lowest BCUT2D eigenvalue weighted by molar-refractivity contribution is -0.137. The number of esters is 1. The average molecular weight is 393 g/mol. The van der Waals surface area contributed by atoms with Gasteiger partial charge in [0.2, 0.25) is 0 Å². The van der Waals surface area contributed by atoms with Crippen molar-refractivity contribution in [3.05, 3.63) is 39.0 Å². The third-order valence-electron chi connectivity index (χ3n) is 3.06. The van der Waals surface area contributed by atoms with E-state index < -0.39 is 27.8 Å². The number of aromatic nitrogens is 2. The fourth-order valence-electron chi connectivity index (χ4n) is 2.02. The maximum absolute atomic E-state index is 12.8. The molecule has 0 aliphatic rings. The molecule has 0 unspecified atom stereocenters. The fourth-order valence-corrected chi connectivity index (χ4v) is 2.66. The third-order valence-corrected chi connectivity index (χ3v) is 3.64. The normalized spacial score (nSPS) is 11.2. The summed E-state index contributed by atoms with van der Waals surface area (Å²) in [6.45, 7) is 1.57. The van der Waals surface area contributed by atoms with Crippen LogP contribution in [0.25, 0.3) is 5.69 Å². The number of hydrogen-bond donors (Lipinski definition) is 1. The topological polar surface area (TPSA) is 93.9 Å². The van der Waals surface area contributed by atoms with Gasteiger partial charge in [-0.1, -0.05) is 23.2 Å². The van der Waals surface area contributed by atoms with Gasteiger partial charge in [-0.25, -0.2) is 9.48 Å². The van der Waals surface area contributed by atoms with Crippen LogP contribution in [0.15, 0.2) is 12.1 Å². The van der Waals surface area contributed by atoms with Crippen molar-refractivity contribution < 1.29 is 22.7 Å². The van der Waals surface area contributed by atoms with E-state index in [0.29, 0.717) is 12.1 Å². The van der Waals surface area contributed by atoms with Crippen molar-refractivity contribution in [2.24, 2.45) is 0 Å². The summed E-state index contributed by atoms with van der Waals surface area (Å²) in [5.74, 6) is -1.24. The number of alkyl halides is 3. The van der Waals surface area contributed by atoms with Gasteiger partial charge in [-0.05, 0) is 19.1 Å². The number of carbonyl (C=O) groups is 1. The van der Waals surface area contributed by atoms with Crippen LogP contribution < -0.4 is 5.73 Å². The summed E-state index contributed by atoms with van der Waals surface area (Å²) in [6, 6.07) is 2.94. The molecule has 2 N–H and O–H groups in total. The van der Waals surface area contributed by atoms with Crippen molar-refractivity contribution >= 4 is 35.0 Å². The molecule has 6 nitrogen and oxygen atoms in total. The van der Waals surface area contributed by atoms with Crippen molar-refractivity contribution in [1.29, 1.82) is 5.26 Å². The standard InChI is InChI=1S/C14H9Cl2F3N4O2/c1-2-25-13(24)10-9(5-20)22-23(12(10)21)11-7(15)3-6(4-8(11)16)14(17,18)19/h3-4H,2,21H2,1H3. The number of carbonyl (C=O) groups excluding carboxylic acids is 1. The lowest BCUT2D eigenvalue weighted by Crippen LogP contribution is -2.11. The molecule has 0 saturated carbocycles. The van der Waals surface area contributed by atoms with Crippen LogP contribution in [0.1, 0.15) is 28.5 Å². The van der Waals surface area contributed by atoms with Crippen LogP contribution in [-0.2, 0) is 10.9 Å². The number of hydrogen-bond acceptors (Lipinski definition) is 5. The van der Waals surface area contributed by atoms with Crippen LogP contribution in [0.3, 0.4) is 0 Å². The minimum absolute atomic E-state index is 0.0239. The first kappa shape index (κ1) is 18.9. The summed E-state index contributed by atoms with van der Waals surface area (Å²) in [6.07, 6.45) is -4.66. The number of anilines is 1. The fraction of sp³-hybridized carbons (Fsp3) is 0.214. The number of nitriles is 1. The third kappa shape index (κ3) is 3.50. The zero-order chi connectivity index (χ0) is 18.9. The molecule has 0 radical (unpaired) electrons. The van der Waals surface area contributed by atoms with E-state index >= 15 is 0 Å². The van der Waals surface area contributed by atoms with Gasteiger partial charge < -0.3 is 10.5 Å². The molecule has 1 aromatic heterocycles. The summed E-state index contributed by atoms with van der Waals surface area (Å²) >= 11 is 11.8. The van der Waals surface area contributed by atoms with Crippen LogP contribution in [0.4, 0.5) is 19.0 Å². The summed E-state index contributed by atoms with van der Waals surface area (Å²) in [4.78, 5) is 11.9. The number of benzene rings is 1. The quantitative estimate of drug-likeness (QED) is 0.800. The maximum Gasteiger partial charge on any atom is 0.416 e. The number of nitrogens with zero attached hydrogens (tertiary/aromatic N) is 3. The molecule has 1 aromatic carbocycles. The molecule has 1 heterocycles. The average Bonchev–Trinajstić information content (AvgIpc) is 2.82. The molecule has 25 heavy (non-hydrogen) atoms. The lowest BCUT2D eigenvalue weighted by atomic mass is 10.2. The van der Waals surface area contributed by atoms with Gasteiger partial charge in [0.1, 0.15) is 23.1 Å². The minimum Gasteiger partial charge on any atom is -0.462 e. The molecule has 2 aromatic rings. The zero-order valence-electron chi connectivity index (χ0n) is 12.5. The van der Waals surface area contributed by atoms with E-state index in [2.05, 4.69) is 5.10 Å². The van der Waals surface area contributed by atoms with Crippen molar-refractivity contribution in [2.75, 3.05) is 12.3 Å². The second-order valence-corrected chi connectivity index (χ2v) is 5.45. The molecule has 0 atom stereocenters. The van der Waals surface area contributed by atoms with E-state index in [1.165, 1.54) is 0 Å². The van der Waals surface area contributed by atoms with Crippen LogP contribution >= 0.6 is 23.2 Å². The predicted octanol–water partition coefficient (Wildman–Crippen LogP) is 3.83. The van der Waals surface area contributed by atoms with Gasteiger partial charge in [-0.2, -0.15) is 23.5 Å². The molecule has 0 spiro atoms. The molecule has 0 fully saturated rings. The monoisotopic (exact) mass is 392 g/mol. The predicted molar refractivity (Wildman–Crippen MR) is 83.7 cm³/mol. The SMILES string of the molecule is CCOC(=O)c1c(C#N)nn(-c2c(Cl)cc(C(F)(F)F)cc2Cl)c1N. The Morgan fingerprint density at radius 3 is 2.40 bits per heavy atom. The van der Waals surface area contributed by atoms with E-state index in [1.54, 1.807) is 13.0 Å². The Bertz CT molecular complexity index is 864. The molecule has 2 rings (SSSR count). The highest BCUT2D eigenvalue weighted by molar-refractivity contribution is 6.38. The van der Waals surface area contributed by atoms with Gasteiger partial charge in [-0.15, -0.1) is 0 Å². The Kier molecular flexibility index (Phi) is 5.15. The minimum atomic E-state index is -4.66. The van der Waals surface area contributed by atoms with Crippen molar-refractivity contribution in [2.45, 2.75) is 13.1 Å². The van der Waals surface area contributed by atoms with Gasteiger partial charge in [0.15, 0.2) is 5.69 Å². The van der Waals surface area contributed by atoms with E-state index in [4.69, 9.17) is 38.9 Å². The van der Waals surface area contributed by atoms with Gasteiger partial charge >= 0.3 is 12.1 Å². The van der Waals surface area contributed by atoms with Crippen LogP contribution in [0, 0.1) is 11.3 Å². The molecule has 0 aliphatic heterocycles. The van der Waals surface area contributed by atoms with Gasteiger partial charge in [0.05, 0.1) is 22.2 Å². The second kappa shape index (κ2) is 6.82. The molecule has 132 valence electrons. The molecule has 0 saturated heterocycles. The van der Waals surface area contributed by atoms with Gasteiger partial charge in [0.25, 0.3) is 0 Å². The number of nitrogens with two attached hydrogens (primary N) is 1. The first-order valence-electron chi connectivity index (χ1n) is 6.64. The number of halogens is 5. The molecule has 11 heteroatoms. The Hall–Kier alpha value is -2.44. The first-order valence-corrected chi connectivity index (χ1v) is 7.39. The Labute approximate surface area is 149 Å². The Morgan fingerprint density at radius 1 is 1.40 bits per heavy atom. The van der Waals surface area contributed by atoms with Crippen molar-refractivity contribution in [3.63, 3.8) is 0 Å². The highest BCUT2D eigenvalue weighted by Gasteiger charge is 2.33. The van der Waals surface area contributed by atoms with Crippen molar-refractivity contribution in [1.82, 2.24) is 9.78 Å². The highest BCUT2D eigenvalue weighted by atomic mass is 35.5. The van der Waals surface area contributed by atoms with Crippen LogP contribution in [0.5, 0.6) is 0 Å². The summed E-state index contributed by atoms with van der Waals surface area (Å²) in [5, 5.41) is 12.1. The molecular formula is C14H9Cl2F3N4O2. The summed E-state index contributed by atoms with van der Waals surface area (Å²) < 4.78 is 44.0. The smallest absolute Gasteiger partial charge is 0.416 e. The van der Waals surface area contributed by atoms with Gasteiger partial charge in [0, 0.05) is 0 Å². The Morgan fingerprint density at radius 2 is 1.96 bits per heavy atom. The van der Waals surface area contributed by atoms with E-state index in [9.17, 15) is 18.0 Å². The van der Waals surface area contributed by atoms with Crippen molar-refractivity contribution in [3.8, 4) is 11.8 Å². The largest absolute Gasteiger partial charge is 0.462 e. The molecular weight excluding hydrogens is 384 g/mol. The molecule has 0 aliphatic carbocycles. The van der Waals surface area contributed by atoms with Gasteiger partial charge in [-0.3, -0.25) is 0 Å². The zero-order valence-corrected chi connectivity index (χ0v) is 14.0. The van der Waals surface area contributed by atoms with Crippen LogP contribution in [-0.4, -0.2) is 22.4 Å². The first-order chi connectivity index (χ1) is 11.6. The van der Waals surface area contributed by atoms with E-state index in [1.807, 2.05) is 0 Å². The highest BCUT2D eigenvalue weighted by Crippen LogP contribution is 2.38. The number of nitrogen functional groups attached to an aromatic ring is 1. The van der Waals surface area contributed by atoms with E-state index in [-0.39, 0.29) is 29.4 Å². The number of ether oxygens (including phenoxy) is 1.